The Bertz CT molecular complexity index is 430. The summed E-state index contributed by atoms with van der Waals surface area (Å²) in [5.74, 6) is 0.638. The lowest BCUT2D eigenvalue weighted by atomic mass is 9.94. The van der Waals surface area contributed by atoms with Gasteiger partial charge in [-0.15, -0.1) is 0 Å². The number of nitrogens with one attached hydrogen (secondary N) is 1. The standard InChI is InChI=1S/C14H26N2O3S/c1-16(10-7-12-5-8-15-9-6-12)14(17)13-4-2-3-11-20(13,18)19/h12-13,15H,2-11H2,1H3. The molecule has 0 radical (unpaired) electrons. The van der Waals surface area contributed by atoms with Gasteiger partial charge in [0.15, 0.2) is 9.84 Å². The number of carbonyl (C=O) groups excluding carboxylic acids is 1. The zero-order valence-electron chi connectivity index (χ0n) is 12.3. The molecular formula is C14H26N2O3S. The van der Waals surface area contributed by atoms with Gasteiger partial charge in [0, 0.05) is 13.6 Å². The van der Waals surface area contributed by atoms with Gasteiger partial charge in [0.1, 0.15) is 5.25 Å². The van der Waals surface area contributed by atoms with Crippen molar-refractivity contribution in [3.8, 4) is 0 Å². The molecule has 1 amide bonds. The van der Waals surface area contributed by atoms with E-state index in [1.54, 1.807) is 11.9 Å². The Labute approximate surface area is 122 Å². The van der Waals surface area contributed by atoms with Crippen molar-refractivity contribution < 1.29 is 13.2 Å². The van der Waals surface area contributed by atoms with E-state index in [0.717, 1.165) is 38.8 Å². The molecule has 1 N–H and O–H groups in total. The molecule has 0 aliphatic carbocycles. The largest absolute Gasteiger partial charge is 0.345 e. The summed E-state index contributed by atoms with van der Waals surface area (Å²) in [5.41, 5.74) is 0. The maximum absolute atomic E-state index is 12.3. The third-order valence-corrected chi connectivity index (χ3v) is 6.72. The summed E-state index contributed by atoms with van der Waals surface area (Å²) >= 11 is 0. The normalized spacial score (nSPS) is 27.1. The van der Waals surface area contributed by atoms with Gasteiger partial charge in [-0.1, -0.05) is 6.42 Å². The number of carbonyl (C=O) groups is 1. The van der Waals surface area contributed by atoms with E-state index in [1.807, 2.05) is 0 Å². The number of amides is 1. The zero-order valence-corrected chi connectivity index (χ0v) is 13.1. The molecule has 5 nitrogen and oxygen atoms in total. The zero-order chi connectivity index (χ0) is 14.6. The fourth-order valence-electron chi connectivity index (χ4n) is 3.13. The van der Waals surface area contributed by atoms with Crippen molar-refractivity contribution >= 4 is 15.7 Å². The molecule has 2 rings (SSSR count). The quantitative estimate of drug-likeness (QED) is 0.834. The lowest BCUT2D eigenvalue weighted by molar-refractivity contribution is -0.129. The third kappa shape index (κ3) is 3.95. The van der Waals surface area contributed by atoms with Crippen LogP contribution in [-0.4, -0.2) is 56.9 Å². The number of nitrogens with zero attached hydrogens (tertiary/aromatic N) is 1. The van der Waals surface area contributed by atoms with Crippen LogP contribution in [0.5, 0.6) is 0 Å². The lowest BCUT2D eigenvalue weighted by Gasteiger charge is -2.28. The van der Waals surface area contributed by atoms with Gasteiger partial charge in [-0.3, -0.25) is 4.79 Å². The van der Waals surface area contributed by atoms with Gasteiger partial charge in [0.2, 0.25) is 5.91 Å². The van der Waals surface area contributed by atoms with E-state index >= 15 is 0 Å². The number of sulfone groups is 1. The molecule has 2 heterocycles. The van der Waals surface area contributed by atoms with Crippen molar-refractivity contribution in [1.29, 1.82) is 0 Å². The molecule has 0 aromatic rings. The molecule has 6 heteroatoms. The second-order valence-electron chi connectivity index (χ2n) is 6.09. The summed E-state index contributed by atoms with van der Waals surface area (Å²) in [5, 5.41) is 2.54. The van der Waals surface area contributed by atoms with Crippen LogP contribution in [-0.2, 0) is 14.6 Å². The Morgan fingerprint density at radius 1 is 1.20 bits per heavy atom. The highest BCUT2D eigenvalue weighted by atomic mass is 32.2. The molecule has 116 valence electrons. The molecule has 20 heavy (non-hydrogen) atoms. The Morgan fingerprint density at radius 3 is 2.55 bits per heavy atom. The van der Waals surface area contributed by atoms with E-state index in [9.17, 15) is 13.2 Å². The van der Waals surface area contributed by atoms with Crippen molar-refractivity contribution in [2.24, 2.45) is 5.92 Å². The predicted molar refractivity (Wildman–Crippen MR) is 79.3 cm³/mol. The molecule has 0 aromatic heterocycles. The first kappa shape index (κ1) is 15.8. The molecule has 1 unspecified atom stereocenters. The summed E-state index contributed by atoms with van der Waals surface area (Å²) in [7, 11) is -1.47. The number of piperidine rings is 1. The van der Waals surface area contributed by atoms with Crippen LogP contribution in [0.2, 0.25) is 0 Å². The third-order valence-electron chi connectivity index (χ3n) is 4.56. The highest BCUT2D eigenvalue weighted by Crippen LogP contribution is 2.22. The summed E-state index contributed by atoms with van der Waals surface area (Å²) in [4.78, 5) is 14.0. The molecule has 0 aromatic carbocycles. The van der Waals surface area contributed by atoms with Crippen LogP contribution in [0.1, 0.15) is 38.5 Å². The van der Waals surface area contributed by atoms with Crippen LogP contribution in [0.4, 0.5) is 0 Å². The summed E-state index contributed by atoms with van der Waals surface area (Å²) in [6, 6.07) is 0. The van der Waals surface area contributed by atoms with Gasteiger partial charge in [0.05, 0.1) is 5.75 Å². The minimum absolute atomic E-state index is 0.172. The maximum atomic E-state index is 12.3. The Kier molecular flexibility index (Phi) is 5.43. The highest BCUT2D eigenvalue weighted by Gasteiger charge is 2.36. The first-order chi connectivity index (χ1) is 9.50. The number of hydrogen-bond donors (Lipinski definition) is 1. The number of hydrogen-bond acceptors (Lipinski definition) is 4. The van der Waals surface area contributed by atoms with Crippen molar-refractivity contribution in [1.82, 2.24) is 10.2 Å². The van der Waals surface area contributed by atoms with E-state index in [-0.39, 0.29) is 11.7 Å². The Hall–Kier alpha value is -0.620. The molecule has 2 saturated heterocycles. The Balaban J connectivity index is 1.84. The number of rotatable bonds is 4. The monoisotopic (exact) mass is 302 g/mol. The SMILES string of the molecule is CN(CCC1CCNCC1)C(=O)C1CCCCS1(=O)=O. The van der Waals surface area contributed by atoms with Crippen LogP contribution >= 0.6 is 0 Å². The second-order valence-corrected chi connectivity index (χ2v) is 8.40. The fraction of sp³-hybridized carbons (Fsp3) is 0.929. The molecular weight excluding hydrogens is 276 g/mol. The van der Waals surface area contributed by atoms with Crippen LogP contribution in [0, 0.1) is 5.92 Å². The van der Waals surface area contributed by atoms with Gasteiger partial charge in [-0.05, 0) is 51.1 Å². The first-order valence-electron chi connectivity index (χ1n) is 7.68. The summed E-state index contributed by atoms with van der Waals surface area (Å²) in [6.07, 6.45) is 5.34. The van der Waals surface area contributed by atoms with Crippen LogP contribution in [0.25, 0.3) is 0 Å². The van der Waals surface area contributed by atoms with Gasteiger partial charge in [0.25, 0.3) is 0 Å². The van der Waals surface area contributed by atoms with Crippen molar-refractivity contribution in [2.45, 2.75) is 43.8 Å². The molecule has 0 bridgehead atoms. The summed E-state index contributed by atoms with van der Waals surface area (Å²) < 4.78 is 24.0. The molecule has 2 aliphatic rings. The van der Waals surface area contributed by atoms with E-state index < -0.39 is 15.1 Å². The molecule has 0 spiro atoms. The molecule has 2 fully saturated rings. The van der Waals surface area contributed by atoms with Crippen LogP contribution in [0.3, 0.4) is 0 Å². The van der Waals surface area contributed by atoms with Crippen molar-refractivity contribution in [2.75, 3.05) is 32.4 Å². The average Bonchev–Trinajstić information content (AvgIpc) is 2.44. The van der Waals surface area contributed by atoms with Gasteiger partial charge >= 0.3 is 0 Å². The van der Waals surface area contributed by atoms with Gasteiger partial charge in [-0.25, -0.2) is 8.42 Å². The summed E-state index contributed by atoms with van der Waals surface area (Å²) in [6.45, 7) is 2.79. The smallest absolute Gasteiger partial charge is 0.240 e. The topological polar surface area (TPSA) is 66.5 Å². The van der Waals surface area contributed by atoms with Crippen LogP contribution < -0.4 is 5.32 Å². The van der Waals surface area contributed by atoms with E-state index in [1.165, 1.54) is 0 Å². The molecule has 2 aliphatic heterocycles. The van der Waals surface area contributed by atoms with Gasteiger partial charge in [-0.2, -0.15) is 0 Å². The average molecular weight is 302 g/mol. The predicted octanol–water partition coefficient (Wildman–Crippen LogP) is 0.802. The van der Waals surface area contributed by atoms with Crippen LogP contribution in [0.15, 0.2) is 0 Å². The minimum Gasteiger partial charge on any atom is -0.345 e. The molecule has 0 saturated carbocycles. The first-order valence-corrected chi connectivity index (χ1v) is 9.39. The molecule has 1 atom stereocenters. The maximum Gasteiger partial charge on any atom is 0.240 e. The van der Waals surface area contributed by atoms with Gasteiger partial charge < -0.3 is 10.2 Å². The minimum atomic E-state index is -3.21. The van der Waals surface area contributed by atoms with Crippen molar-refractivity contribution in [3.05, 3.63) is 0 Å². The van der Waals surface area contributed by atoms with Crippen molar-refractivity contribution in [3.63, 3.8) is 0 Å². The highest BCUT2D eigenvalue weighted by molar-refractivity contribution is 7.92. The Morgan fingerprint density at radius 2 is 1.90 bits per heavy atom. The second kappa shape index (κ2) is 6.89. The van der Waals surface area contributed by atoms with E-state index in [4.69, 9.17) is 0 Å². The van der Waals surface area contributed by atoms with E-state index in [2.05, 4.69) is 5.32 Å². The lowest BCUT2D eigenvalue weighted by Crippen LogP contribution is -2.44. The van der Waals surface area contributed by atoms with E-state index in [0.29, 0.717) is 25.3 Å². The fourth-order valence-corrected chi connectivity index (χ4v) is 5.04.